The highest BCUT2D eigenvalue weighted by Gasteiger charge is 2.48. The van der Waals surface area contributed by atoms with Crippen LogP contribution in [0.3, 0.4) is 0 Å². The van der Waals surface area contributed by atoms with Gasteiger partial charge in [-0.2, -0.15) is 5.26 Å². The molecule has 0 unspecified atom stereocenters. The predicted molar refractivity (Wildman–Crippen MR) is 253 cm³/mol. The van der Waals surface area contributed by atoms with Gasteiger partial charge in [-0.05, 0) is 73.7 Å². The van der Waals surface area contributed by atoms with Gasteiger partial charge in [-0.1, -0.05) is 44.2 Å². The van der Waals surface area contributed by atoms with Gasteiger partial charge >= 0.3 is 12.1 Å². The normalized spacial score (nSPS) is 19.2. The minimum atomic E-state index is -1.94. The molecule has 5 atom stereocenters. The van der Waals surface area contributed by atoms with Gasteiger partial charge in [-0.3, -0.25) is 29.5 Å². The van der Waals surface area contributed by atoms with Crippen LogP contribution in [-0.4, -0.2) is 141 Å². The molecule has 70 heavy (non-hydrogen) atoms. The number of pyridine rings is 1. The molecule has 4 amide bonds. The van der Waals surface area contributed by atoms with Crippen LogP contribution in [0.1, 0.15) is 86.6 Å². The Morgan fingerprint density at radius 3 is 2.39 bits per heavy atom. The fraction of sp³-hybridized carbons (Fsp3) is 0.489. The number of hydroxylamine groups is 2. The van der Waals surface area contributed by atoms with E-state index < -0.39 is 48.7 Å². The quantitative estimate of drug-likeness (QED) is 0.0217. The van der Waals surface area contributed by atoms with E-state index in [-0.39, 0.29) is 73.3 Å². The van der Waals surface area contributed by atoms with Crippen LogP contribution in [0, 0.1) is 11.5 Å². The summed E-state index contributed by atoms with van der Waals surface area (Å²) in [5, 5.41) is 62.0. The standard InChI is InChI=1S/C47H62N10O13/c1-56(24-25-68-57(34-12-5-4-6-13-34)38(59)14-7-2-3-8-21-51-46(52-29-49)53-32-18-22-50-23-19-32)43(63)31-10-9-11-33(27-31)54-47(66)67-28-30-15-16-36(35(26-30)55-37(58)17-20-48)69-45-41(62)39(60)40(61)42(70-45)44(64)65/h9-11,15-16,18-19,22-23,26-27,34,39-42,45,60-62H,2-8,12-14,17,20-21,24-25,28,48H2,1H3,(H,54,66)(H,55,58)(H,64,65)(H2,50,51,52,53)/t39-,40-,41+,42-,45+/m0/s1. The number of unbranched alkanes of at least 4 members (excludes halogenated alkanes) is 3. The molecule has 1 aliphatic carbocycles. The third-order valence-electron chi connectivity index (χ3n) is 11.3. The monoisotopic (exact) mass is 974 g/mol. The van der Waals surface area contributed by atoms with E-state index in [9.17, 15) is 44.4 Å². The Balaban J connectivity index is 1.08. The molecule has 1 aromatic heterocycles. The number of hydrogen-bond donors (Lipinski definition) is 9. The summed E-state index contributed by atoms with van der Waals surface area (Å²) in [5.41, 5.74) is 7.18. The van der Waals surface area contributed by atoms with E-state index >= 15 is 0 Å². The van der Waals surface area contributed by atoms with Crippen molar-refractivity contribution in [2.45, 2.75) is 114 Å². The molecule has 2 heterocycles. The highest BCUT2D eigenvalue weighted by atomic mass is 16.7. The highest BCUT2D eigenvalue weighted by molar-refractivity contribution is 5.96. The van der Waals surface area contributed by atoms with E-state index in [2.05, 4.69) is 31.2 Å². The summed E-state index contributed by atoms with van der Waals surface area (Å²) in [6.45, 7) is 0.555. The second kappa shape index (κ2) is 27.9. The summed E-state index contributed by atoms with van der Waals surface area (Å²) in [5.74, 6) is -2.34. The first kappa shape index (κ1) is 54.0. The molecule has 2 aliphatic rings. The zero-order valence-electron chi connectivity index (χ0n) is 38.9. The molecule has 1 saturated carbocycles. The number of ether oxygens (including phenoxy) is 3. The fourth-order valence-electron chi connectivity index (χ4n) is 7.62. The second-order valence-corrected chi connectivity index (χ2v) is 16.6. The number of nitrogens with zero attached hydrogens (tertiary/aromatic N) is 5. The lowest BCUT2D eigenvalue weighted by molar-refractivity contribution is -0.271. The van der Waals surface area contributed by atoms with Crippen molar-refractivity contribution in [1.29, 1.82) is 5.26 Å². The van der Waals surface area contributed by atoms with E-state index in [1.54, 1.807) is 56.0 Å². The van der Waals surface area contributed by atoms with Crippen molar-refractivity contribution in [2.24, 2.45) is 10.7 Å². The van der Waals surface area contributed by atoms with Crippen molar-refractivity contribution < 1.29 is 63.4 Å². The van der Waals surface area contributed by atoms with Crippen LogP contribution in [0.4, 0.5) is 21.9 Å². The molecule has 0 spiro atoms. The van der Waals surface area contributed by atoms with Crippen molar-refractivity contribution in [3.8, 4) is 11.9 Å². The molecule has 2 aromatic carbocycles. The number of carboxylic acid groups (broad SMARTS) is 1. The first-order valence-corrected chi connectivity index (χ1v) is 23.1. The third-order valence-corrected chi connectivity index (χ3v) is 11.3. The Hall–Kier alpha value is -6.94. The topological polar surface area (TPSA) is 333 Å². The van der Waals surface area contributed by atoms with Gasteiger partial charge in [-0.15, -0.1) is 4.99 Å². The van der Waals surface area contributed by atoms with Gasteiger partial charge in [0.2, 0.25) is 30.3 Å². The van der Waals surface area contributed by atoms with Gasteiger partial charge < -0.3 is 61.2 Å². The SMILES string of the molecule is CN(CCON(C(=O)CCCCCCN/C(=N\C#N)Nc1ccncc1)C1CCCCC1)C(=O)c1cccc(NC(=O)OCc2ccc(O[C@@H]3O[C@H](C(=O)O)[C@@H](O)[C@H](O)[C@H]3O)c(NC(=O)CCN)c2)c1. The molecule has 1 aliphatic heterocycles. The zero-order chi connectivity index (χ0) is 50.4. The molecule has 10 N–H and O–H groups in total. The largest absolute Gasteiger partial charge is 0.479 e. The number of nitrogens with two attached hydrogens (primary N) is 1. The molecule has 378 valence electrons. The smallest absolute Gasteiger partial charge is 0.411 e. The van der Waals surface area contributed by atoms with Crippen molar-refractivity contribution in [3.05, 3.63) is 78.1 Å². The number of likely N-dealkylation sites (N-methyl/N-ethyl adjacent to an activating group) is 1. The summed E-state index contributed by atoms with van der Waals surface area (Å²) < 4.78 is 16.3. The number of anilines is 3. The van der Waals surface area contributed by atoms with Crippen LogP contribution < -0.4 is 31.7 Å². The average molecular weight is 975 g/mol. The van der Waals surface area contributed by atoms with Crippen LogP contribution in [0.25, 0.3) is 0 Å². The Kier molecular flexibility index (Phi) is 21.5. The van der Waals surface area contributed by atoms with Crippen molar-refractivity contribution in [1.82, 2.24) is 20.3 Å². The summed E-state index contributed by atoms with van der Waals surface area (Å²) in [6, 6.07) is 13.9. The Morgan fingerprint density at radius 2 is 1.66 bits per heavy atom. The maximum atomic E-state index is 13.5. The zero-order valence-corrected chi connectivity index (χ0v) is 38.9. The number of rotatable bonds is 23. The van der Waals surface area contributed by atoms with E-state index in [0.29, 0.717) is 30.9 Å². The number of aromatic nitrogens is 1. The summed E-state index contributed by atoms with van der Waals surface area (Å²) in [4.78, 5) is 79.3. The van der Waals surface area contributed by atoms with E-state index in [0.717, 1.165) is 57.1 Å². The molecule has 2 fully saturated rings. The number of aliphatic hydroxyl groups excluding tert-OH is 3. The van der Waals surface area contributed by atoms with Crippen LogP contribution in [0.2, 0.25) is 0 Å². The van der Waals surface area contributed by atoms with E-state index in [1.165, 1.54) is 34.2 Å². The molecule has 1 saturated heterocycles. The van der Waals surface area contributed by atoms with Crippen molar-refractivity contribution >= 4 is 52.8 Å². The highest BCUT2D eigenvalue weighted by Crippen LogP contribution is 2.31. The Labute approximate surface area is 404 Å². The van der Waals surface area contributed by atoms with Crippen LogP contribution in [-0.2, 0) is 35.3 Å². The lowest BCUT2D eigenvalue weighted by atomic mass is 9.95. The van der Waals surface area contributed by atoms with Crippen molar-refractivity contribution in [2.75, 3.05) is 49.2 Å². The fourth-order valence-corrected chi connectivity index (χ4v) is 7.62. The molecule has 0 radical (unpaired) electrons. The number of carbonyl (C=O) groups excluding carboxylic acids is 4. The number of aliphatic imine (C=N–C) groups is 1. The Morgan fingerprint density at radius 1 is 0.900 bits per heavy atom. The maximum Gasteiger partial charge on any atom is 0.411 e. The summed E-state index contributed by atoms with van der Waals surface area (Å²) >= 11 is 0. The third kappa shape index (κ3) is 16.6. The summed E-state index contributed by atoms with van der Waals surface area (Å²) in [7, 11) is 1.61. The lowest BCUT2D eigenvalue weighted by Crippen LogP contribution is -2.61. The lowest BCUT2D eigenvalue weighted by Gasteiger charge is -2.38. The van der Waals surface area contributed by atoms with Crippen LogP contribution in [0.5, 0.6) is 5.75 Å². The van der Waals surface area contributed by atoms with E-state index in [4.69, 9.17) is 30.0 Å². The number of nitriles is 1. The second-order valence-electron chi connectivity index (χ2n) is 16.6. The number of carboxylic acids is 1. The molecule has 3 aromatic rings. The molecule has 5 rings (SSSR count). The van der Waals surface area contributed by atoms with Crippen molar-refractivity contribution in [3.63, 3.8) is 0 Å². The number of amides is 4. The molecule has 23 heteroatoms. The minimum Gasteiger partial charge on any atom is -0.479 e. The number of aliphatic carboxylic acids is 1. The van der Waals surface area contributed by atoms with Crippen LogP contribution in [0.15, 0.2) is 72.0 Å². The predicted octanol–water partition coefficient (Wildman–Crippen LogP) is 3.04. The molecule has 23 nitrogen and oxygen atoms in total. The summed E-state index contributed by atoms with van der Waals surface area (Å²) in [6.07, 6.45) is 2.95. The van der Waals surface area contributed by atoms with Gasteiger partial charge in [0, 0.05) is 68.9 Å². The first-order chi connectivity index (χ1) is 33.8. The molecular formula is C47H62N10O13. The number of carbonyl (C=O) groups is 5. The minimum absolute atomic E-state index is 0.0133. The molecule has 0 bridgehead atoms. The van der Waals surface area contributed by atoms with Gasteiger partial charge in [0.05, 0.1) is 18.3 Å². The number of guanidine groups is 1. The van der Waals surface area contributed by atoms with Gasteiger partial charge in [-0.25, -0.2) is 14.7 Å². The van der Waals surface area contributed by atoms with E-state index in [1.807, 2.05) is 0 Å². The molecular weight excluding hydrogens is 913 g/mol. The average Bonchev–Trinajstić information content (AvgIpc) is 3.35. The van der Waals surface area contributed by atoms with Gasteiger partial charge in [0.15, 0.2) is 6.10 Å². The number of hydrogen-bond acceptors (Lipinski definition) is 16. The van der Waals surface area contributed by atoms with Gasteiger partial charge in [0.1, 0.15) is 30.7 Å². The maximum absolute atomic E-state index is 13.5. The first-order valence-electron chi connectivity index (χ1n) is 23.1. The Bertz CT molecular complexity index is 2280. The number of benzene rings is 2. The number of aliphatic hydroxyl groups is 3. The number of nitrogens with one attached hydrogen (secondary N) is 4. The van der Waals surface area contributed by atoms with Crippen LogP contribution >= 0.6 is 0 Å². The van der Waals surface area contributed by atoms with Gasteiger partial charge in [0.25, 0.3) is 5.91 Å².